The Kier molecular flexibility index (Phi) is 10.0. The summed E-state index contributed by atoms with van der Waals surface area (Å²) in [5.41, 5.74) is -0.451. The molecule has 7 rings (SSSR count). The lowest BCUT2D eigenvalue weighted by atomic mass is 9.85. The fourth-order valence-corrected chi connectivity index (χ4v) is 9.00. The highest BCUT2D eigenvalue weighted by molar-refractivity contribution is 7.91. The standard InChI is InChI=1S/C38H50N6O9S/c1-6-22-19-38(22,35(47)43-54(49,50)25-13-14-25)42-32(45)29-18-24-20-44(29)34(46)31(37(2,3)4)41-36(48)53-30-16-21(30)10-8-7-9-11-27-33(52-24)40-28-17-23(51-5)12-15-26(28)39-27/h6,12,15,17,21-22,24-25,29-31H,1,7-11,13-14,16,18-20H2,2-5H3,(H,41,48)(H,42,45)(H,43,47)/t21?,22?,24?,29?,30?,31?,38-/m1/s1. The molecule has 7 atom stereocenters. The molecular formula is C38H50N6O9S. The number of hydrogen-bond acceptors (Lipinski definition) is 11. The molecule has 54 heavy (non-hydrogen) atoms. The van der Waals surface area contributed by atoms with Gasteiger partial charge in [0.15, 0.2) is 0 Å². The largest absolute Gasteiger partial charge is 0.497 e. The van der Waals surface area contributed by atoms with Crippen LogP contribution in [0.1, 0.15) is 84.3 Å². The van der Waals surface area contributed by atoms with Crippen LogP contribution < -0.4 is 24.8 Å². The van der Waals surface area contributed by atoms with Gasteiger partial charge in [-0.15, -0.1) is 6.58 Å². The lowest BCUT2D eigenvalue weighted by Gasteiger charge is -2.35. The molecule has 1 aromatic heterocycles. The minimum Gasteiger partial charge on any atom is -0.497 e. The zero-order chi connectivity index (χ0) is 38.6. The first-order valence-electron chi connectivity index (χ1n) is 18.9. The third-order valence-corrected chi connectivity index (χ3v) is 13.1. The van der Waals surface area contributed by atoms with E-state index in [1.54, 1.807) is 13.2 Å². The molecule has 4 fully saturated rings. The van der Waals surface area contributed by atoms with E-state index in [1.165, 1.54) is 11.0 Å². The van der Waals surface area contributed by atoms with Gasteiger partial charge in [-0.25, -0.2) is 23.2 Å². The maximum atomic E-state index is 14.6. The van der Waals surface area contributed by atoms with Gasteiger partial charge in [0.25, 0.3) is 5.91 Å². The lowest BCUT2D eigenvalue weighted by molar-refractivity contribution is -0.142. The molecule has 16 heteroatoms. The van der Waals surface area contributed by atoms with Crippen LogP contribution in [-0.2, 0) is 35.6 Å². The summed E-state index contributed by atoms with van der Waals surface area (Å²) in [4.78, 5) is 66.8. The number of sulfonamides is 1. The molecule has 2 bridgehead atoms. The Morgan fingerprint density at radius 3 is 2.54 bits per heavy atom. The van der Waals surface area contributed by atoms with Gasteiger partial charge >= 0.3 is 6.09 Å². The van der Waals surface area contributed by atoms with Crippen molar-refractivity contribution in [2.45, 2.75) is 120 Å². The number of carbonyl (C=O) groups is 4. The highest BCUT2D eigenvalue weighted by Crippen LogP contribution is 2.46. The number of nitrogens with zero attached hydrogens (tertiary/aromatic N) is 3. The summed E-state index contributed by atoms with van der Waals surface area (Å²) in [6, 6.07) is 3.20. The summed E-state index contributed by atoms with van der Waals surface area (Å²) < 4.78 is 45.3. The molecule has 2 aliphatic heterocycles. The van der Waals surface area contributed by atoms with Crippen molar-refractivity contribution in [3.8, 4) is 11.6 Å². The second-order valence-corrected chi connectivity index (χ2v) is 18.4. The summed E-state index contributed by atoms with van der Waals surface area (Å²) in [6.07, 6.45) is 5.93. The van der Waals surface area contributed by atoms with Gasteiger partial charge < -0.3 is 29.7 Å². The van der Waals surface area contributed by atoms with Gasteiger partial charge in [-0.05, 0) is 68.4 Å². The average Bonchev–Trinajstić information content (AvgIpc) is 4.04. The van der Waals surface area contributed by atoms with Crippen molar-refractivity contribution in [2.24, 2.45) is 17.3 Å². The third kappa shape index (κ3) is 7.85. The number of benzene rings is 1. The van der Waals surface area contributed by atoms with Gasteiger partial charge in [0, 0.05) is 18.4 Å². The van der Waals surface area contributed by atoms with Crippen molar-refractivity contribution < 1.29 is 41.8 Å². The minimum absolute atomic E-state index is 0.0245. The monoisotopic (exact) mass is 766 g/mol. The Morgan fingerprint density at radius 1 is 1.07 bits per heavy atom. The number of aryl methyl sites for hydroxylation is 1. The van der Waals surface area contributed by atoms with E-state index in [0.717, 1.165) is 32.1 Å². The maximum Gasteiger partial charge on any atom is 0.408 e. The van der Waals surface area contributed by atoms with E-state index in [-0.39, 0.29) is 31.4 Å². The molecule has 3 aliphatic carbocycles. The Bertz CT molecular complexity index is 1960. The van der Waals surface area contributed by atoms with Crippen molar-refractivity contribution in [3.63, 3.8) is 0 Å². The summed E-state index contributed by atoms with van der Waals surface area (Å²) in [7, 11) is -2.33. The number of amides is 4. The summed E-state index contributed by atoms with van der Waals surface area (Å²) in [5, 5.41) is 4.96. The first-order chi connectivity index (χ1) is 25.6. The number of nitrogens with one attached hydrogen (secondary N) is 3. The van der Waals surface area contributed by atoms with E-state index in [4.69, 9.17) is 24.2 Å². The van der Waals surface area contributed by atoms with Gasteiger partial charge in [0.05, 0.1) is 29.9 Å². The van der Waals surface area contributed by atoms with Gasteiger partial charge in [-0.2, -0.15) is 0 Å². The molecule has 3 N–H and O–H groups in total. The summed E-state index contributed by atoms with van der Waals surface area (Å²) in [6.45, 7) is 9.18. The summed E-state index contributed by atoms with van der Waals surface area (Å²) in [5.74, 6) is -1.39. The second kappa shape index (κ2) is 14.3. The molecule has 1 aromatic carbocycles. The van der Waals surface area contributed by atoms with Crippen molar-refractivity contribution in [2.75, 3.05) is 13.7 Å². The lowest BCUT2D eigenvalue weighted by Crippen LogP contribution is -2.60. The van der Waals surface area contributed by atoms with Crippen LogP contribution in [0.15, 0.2) is 30.9 Å². The Labute approximate surface area is 315 Å². The molecule has 2 aromatic rings. The third-order valence-electron chi connectivity index (χ3n) is 11.3. The molecular weight excluding hydrogens is 717 g/mol. The number of carbonyl (C=O) groups excluding carboxylic acids is 4. The molecule has 6 unspecified atom stereocenters. The quantitative estimate of drug-likeness (QED) is 0.350. The molecule has 4 amide bonds. The average molecular weight is 767 g/mol. The molecule has 0 spiro atoms. The maximum absolute atomic E-state index is 14.6. The topological polar surface area (TPSA) is 195 Å². The molecule has 0 radical (unpaired) electrons. The van der Waals surface area contributed by atoms with Crippen molar-refractivity contribution in [1.82, 2.24) is 30.2 Å². The van der Waals surface area contributed by atoms with Crippen LogP contribution in [0.25, 0.3) is 11.0 Å². The molecule has 5 aliphatic rings. The molecule has 292 valence electrons. The van der Waals surface area contributed by atoms with E-state index in [9.17, 15) is 27.6 Å². The van der Waals surface area contributed by atoms with E-state index in [2.05, 4.69) is 21.9 Å². The van der Waals surface area contributed by atoms with Crippen LogP contribution >= 0.6 is 0 Å². The number of methoxy groups -OCH3 is 1. The van der Waals surface area contributed by atoms with E-state index >= 15 is 0 Å². The number of alkyl carbamates (subject to hydrolysis) is 1. The van der Waals surface area contributed by atoms with Crippen LogP contribution in [0.4, 0.5) is 4.79 Å². The number of hydrogen-bond donors (Lipinski definition) is 3. The normalized spacial score (nSPS) is 30.3. The van der Waals surface area contributed by atoms with Crippen LogP contribution in [0.2, 0.25) is 0 Å². The van der Waals surface area contributed by atoms with Crippen molar-refractivity contribution >= 4 is 44.9 Å². The van der Waals surface area contributed by atoms with Gasteiger partial charge in [0.1, 0.15) is 41.3 Å². The number of aromatic nitrogens is 2. The number of rotatable bonds is 7. The highest BCUT2D eigenvalue weighted by atomic mass is 32.2. The molecule has 1 saturated heterocycles. The minimum atomic E-state index is -3.90. The van der Waals surface area contributed by atoms with Crippen LogP contribution in [0, 0.1) is 17.3 Å². The van der Waals surface area contributed by atoms with Crippen molar-refractivity contribution in [3.05, 3.63) is 36.5 Å². The zero-order valence-electron chi connectivity index (χ0n) is 31.3. The number of ether oxygens (including phenoxy) is 3. The SMILES string of the molecule is C=CC1C[C@]1(NC(=O)C1CC2CN1C(=O)C(C(C)(C)C)NC(=O)OC1CC1CCCCCc1nc3ccc(OC)cc3nc1O2)C(=O)NS(=O)(=O)C1CC1. The fourth-order valence-electron chi connectivity index (χ4n) is 7.64. The summed E-state index contributed by atoms with van der Waals surface area (Å²) >= 11 is 0. The molecule has 15 nitrogen and oxygen atoms in total. The van der Waals surface area contributed by atoms with E-state index < -0.39 is 74.1 Å². The van der Waals surface area contributed by atoms with E-state index in [1.807, 2.05) is 32.9 Å². The Hall–Kier alpha value is -4.47. The second-order valence-electron chi connectivity index (χ2n) is 16.5. The van der Waals surface area contributed by atoms with Crippen LogP contribution in [-0.4, -0.2) is 95.8 Å². The number of fused-ring (bicyclic) bond motifs is 5. The Balaban J connectivity index is 1.22. The van der Waals surface area contributed by atoms with E-state index in [0.29, 0.717) is 47.6 Å². The Morgan fingerprint density at radius 2 is 1.85 bits per heavy atom. The first-order valence-corrected chi connectivity index (χ1v) is 20.5. The highest BCUT2D eigenvalue weighted by Gasteiger charge is 2.62. The molecule has 3 heterocycles. The predicted octanol–water partition coefficient (Wildman–Crippen LogP) is 3.30. The molecule has 3 saturated carbocycles. The van der Waals surface area contributed by atoms with Gasteiger partial charge in [-0.1, -0.05) is 39.7 Å². The fraction of sp³-hybridized carbons (Fsp3) is 0.632. The van der Waals surface area contributed by atoms with Crippen molar-refractivity contribution in [1.29, 1.82) is 0 Å². The van der Waals surface area contributed by atoms with Gasteiger partial charge in [-0.3, -0.25) is 19.1 Å². The van der Waals surface area contributed by atoms with Gasteiger partial charge in [0.2, 0.25) is 27.7 Å². The van der Waals surface area contributed by atoms with Crippen LogP contribution in [0.3, 0.4) is 0 Å². The smallest absolute Gasteiger partial charge is 0.408 e. The predicted molar refractivity (Wildman–Crippen MR) is 197 cm³/mol. The first kappa shape index (κ1) is 37.8. The zero-order valence-corrected chi connectivity index (χ0v) is 32.1. The van der Waals surface area contributed by atoms with Crippen LogP contribution in [0.5, 0.6) is 11.6 Å².